The predicted molar refractivity (Wildman–Crippen MR) is 64.0 cm³/mol. The average molecular weight is 231 g/mol. The van der Waals surface area contributed by atoms with Gasteiger partial charge in [0.1, 0.15) is 11.6 Å². The van der Waals surface area contributed by atoms with Crippen molar-refractivity contribution >= 4 is 0 Å². The van der Waals surface area contributed by atoms with Crippen LogP contribution < -0.4 is 5.32 Å². The molecule has 4 heteroatoms. The fourth-order valence-corrected chi connectivity index (χ4v) is 2.05. The number of rotatable bonds is 3. The smallest absolute Gasteiger partial charge is 0.132 e. The molecule has 1 aliphatic heterocycles. The zero-order chi connectivity index (χ0) is 11.7. The highest BCUT2D eigenvalue weighted by Crippen LogP contribution is 2.21. The monoisotopic (exact) mass is 231 g/mol. The summed E-state index contributed by atoms with van der Waals surface area (Å²) < 4.78 is 13.6. The molecule has 88 valence electrons. The molecule has 0 unspecified atom stereocenters. The Hall–Kier alpha value is -1.68. The molecule has 0 radical (unpaired) electrons. The number of benzene rings is 1. The third kappa shape index (κ3) is 2.08. The second kappa shape index (κ2) is 4.30. The minimum Gasteiger partial charge on any atom is -0.342 e. The Morgan fingerprint density at radius 1 is 1.29 bits per heavy atom. The summed E-state index contributed by atoms with van der Waals surface area (Å²) in [5.74, 6) is 1.39. The fraction of sp³-hybridized carbons (Fsp3) is 0.308. The summed E-state index contributed by atoms with van der Waals surface area (Å²) in [5, 5.41) is 3.23. The Morgan fingerprint density at radius 3 is 2.82 bits per heavy atom. The maximum atomic E-state index is 13.6. The Kier molecular flexibility index (Phi) is 2.65. The van der Waals surface area contributed by atoms with E-state index in [4.69, 9.17) is 0 Å². The van der Waals surface area contributed by atoms with Crippen LogP contribution in [0.2, 0.25) is 0 Å². The number of aromatic nitrogens is 2. The Labute approximate surface area is 99.1 Å². The van der Waals surface area contributed by atoms with Crippen LogP contribution in [0.1, 0.15) is 5.82 Å². The normalized spacial score (nSPS) is 15.8. The molecule has 0 spiro atoms. The van der Waals surface area contributed by atoms with E-state index in [2.05, 4.69) is 15.3 Å². The van der Waals surface area contributed by atoms with E-state index in [-0.39, 0.29) is 5.82 Å². The first-order chi connectivity index (χ1) is 8.33. The summed E-state index contributed by atoms with van der Waals surface area (Å²) in [7, 11) is 0. The molecular formula is C13H14FN3. The van der Waals surface area contributed by atoms with Crippen molar-refractivity contribution in [3.63, 3.8) is 0 Å². The van der Waals surface area contributed by atoms with Gasteiger partial charge in [0.05, 0.1) is 11.9 Å². The van der Waals surface area contributed by atoms with Crippen LogP contribution in [0.25, 0.3) is 11.3 Å². The van der Waals surface area contributed by atoms with Crippen molar-refractivity contribution in [3.05, 3.63) is 42.1 Å². The maximum Gasteiger partial charge on any atom is 0.132 e. The Bertz CT molecular complexity index is 517. The highest BCUT2D eigenvalue weighted by molar-refractivity contribution is 5.59. The predicted octanol–water partition coefficient (Wildman–Crippen LogP) is 1.98. The first-order valence-corrected chi connectivity index (χ1v) is 5.82. The van der Waals surface area contributed by atoms with Gasteiger partial charge < -0.3 is 10.3 Å². The maximum absolute atomic E-state index is 13.6. The van der Waals surface area contributed by atoms with Gasteiger partial charge in [-0.2, -0.15) is 0 Å². The van der Waals surface area contributed by atoms with Gasteiger partial charge in [-0.15, -0.1) is 0 Å². The third-order valence-corrected chi connectivity index (χ3v) is 3.14. The average Bonchev–Trinajstić information content (AvgIpc) is 2.73. The zero-order valence-corrected chi connectivity index (χ0v) is 9.41. The Morgan fingerprint density at radius 2 is 2.12 bits per heavy atom. The highest BCUT2D eigenvalue weighted by atomic mass is 19.1. The molecule has 1 saturated heterocycles. The van der Waals surface area contributed by atoms with Crippen LogP contribution in [0.15, 0.2) is 30.5 Å². The zero-order valence-electron chi connectivity index (χ0n) is 9.41. The number of hydrogen-bond donors (Lipinski definition) is 2. The minimum atomic E-state index is -0.215. The molecule has 2 N–H and O–H groups in total. The summed E-state index contributed by atoms with van der Waals surface area (Å²) in [6, 6.07) is 6.74. The van der Waals surface area contributed by atoms with Gasteiger partial charge in [0.2, 0.25) is 0 Å². The lowest BCUT2D eigenvalue weighted by atomic mass is 9.99. The molecule has 1 aliphatic rings. The number of imidazole rings is 1. The van der Waals surface area contributed by atoms with E-state index >= 15 is 0 Å². The number of H-pyrrole nitrogens is 1. The van der Waals surface area contributed by atoms with Crippen LogP contribution in [-0.2, 0) is 6.42 Å². The summed E-state index contributed by atoms with van der Waals surface area (Å²) in [4.78, 5) is 7.50. The van der Waals surface area contributed by atoms with E-state index in [9.17, 15) is 4.39 Å². The van der Waals surface area contributed by atoms with Gasteiger partial charge in [-0.25, -0.2) is 9.37 Å². The molecule has 1 aromatic carbocycles. The van der Waals surface area contributed by atoms with Crippen LogP contribution >= 0.6 is 0 Å². The first kappa shape index (κ1) is 10.5. The Balaban J connectivity index is 1.82. The summed E-state index contributed by atoms with van der Waals surface area (Å²) in [5.41, 5.74) is 1.34. The molecule has 0 saturated carbocycles. The number of hydrogen-bond acceptors (Lipinski definition) is 2. The summed E-state index contributed by atoms with van der Waals surface area (Å²) >= 11 is 0. The van der Waals surface area contributed by atoms with Crippen molar-refractivity contribution in [2.45, 2.75) is 6.42 Å². The van der Waals surface area contributed by atoms with Gasteiger partial charge in [0.25, 0.3) is 0 Å². The van der Waals surface area contributed by atoms with Crippen molar-refractivity contribution in [2.24, 2.45) is 5.92 Å². The van der Waals surface area contributed by atoms with Crippen LogP contribution in [0.3, 0.4) is 0 Å². The minimum absolute atomic E-state index is 0.215. The molecule has 2 heterocycles. The van der Waals surface area contributed by atoms with E-state index < -0.39 is 0 Å². The molecule has 0 aliphatic carbocycles. The van der Waals surface area contributed by atoms with E-state index in [1.807, 2.05) is 6.07 Å². The standard InChI is InChI=1S/C13H14FN3/c14-11-4-2-1-3-10(11)12-8-16-13(17-12)5-9-6-15-7-9/h1-4,8-9,15H,5-7H2,(H,16,17). The molecule has 1 fully saturated rings. The van der Waals surface area contributed by atoms with Crippen molar-refractivity contribution < 1.29 is 4.39 Å². The lowest BCUT2D eigenvalue weighted by Gasteiger charge is -2.25. The van der Waals surface area contributed by atoms with Gasteiger partial charge in [-0.3, -0.25) is 0 Å². The molecule has 17 heavy (non-hydrogen) atoms. The van der Waals surface area contributed by atoms with Gasteiger partial charge in [-0.1, -0.05) is 12.1 Å². The van der Waals surface area contributed by atoms with Gasteiger partial charge >= 0.3 is 0 Å². The number of nitrogens with zero attached hydrogens (tertiary/aromatic N) is 1. The highest BCUT2D eigenvalue weighted by Gasteiger charge is 2.18. The second-order valence-electron chi connectivity index (χ2n) is 4.45. The molecule has 3 nitrogen and oxygen atoms in total. The van der Waals surface area contributed by atoms with Crippen LogP contribution in [0.5, 0.6) is 0 Å². The molecule has 0 atom stereocenters. The van der Waals surface area contributed by atoms with Crippen molar-refractivity contribution in [1.82, 2.24) is 15.3 Å². The molecule has 2 aromatic rings. The number of aromatic amines is 1. The van der Waals surface area contributed by atoms with E-state index in [1.165, 1.54) is 6.07 Å². The fourth-order valence-electron chi connectivity index (χ4n) is 2.05. The van der Waals surface area contributed by atoms with E-state index in [0.717, 1.165) is 31.0 Å². The van der Waals surface area contributed by atoms with Crippen molar-refractivity contribution in [2.75, 3.05) is 13.1 Å². The number of halogens is 1. The molecule has 3 rings (SSSR count). The van der Waals surface area contributed by atoms with Crippen LogP contribution in [0.4, 0.5) is 4.39 Å². The molecule has 0 bridgehead atoms. The van der Waals surface area contributed by atoms with Gasteiger partial charge in [0, 0.05) is 12.0 Å². The first-order valence-electron chi connectivity index (χ1n) is 5.82. The molecular weight excluding hydrogens is 217 g/mol. The summed E-state index contributed by atoms with van der Waals surface area (Å²) in [6.07, 6.45) is 2.64. The number of nitrogens with one attached hydrogen (secondary N) is 2. The van der Waals surface area contributed by atoms with Crippen molar-refractivity contribution in [1.29, 1.82) is 0 Å². The largest absolute Gasteiger partial charge is 0.342 e. The third-order valence-electron chi connectivity index (χ3n) is 3.14. The topological polar surface area (TPSA) is 40.7 Å². The quantitative estimate of drug-likeness (QED) is 0.848. The lowest BCUT2D eigenvalue weighted by molar-refractivity contribution is 0.342. The van der Waals surface area contributed by atoms with E-state index in [0.29, 0.717) is 11.5 Å². The van der Waals surface area contributed by atoms with E-state index in [1.54, 1.807) is 18.3 Å². The molecule has 1 aromatic heterocycles. The van der Waals surface area contributed by atoms with Crippen molar-refractivity contribution in [3.8, 4) is 11.3 Å². The SMILES string of the molecule is Fc1ccccc1-c1cnc(CC2CNC2)[nH]1. The second-order valence-corrected chi connectivity index (χ2v) is 4.45. The van der Waals surface area contributed by atoms with Crippen LogP contribution in [0, 0.1) is 11.7 Å². The lowest BCUT2D eigenvalue weighted by Crippen LogP contribution is -2.43. The van der Waals surface area contributed by atoms with Gasteiger partial charge in [0.15, 0.2) is 0 Å². The van der Waals surface area contributed by atoms with Crippen LogP contribution in [-0.4, -0.2) is 23.1 Å². The van der Waals surface area contributed by atoms with Gasteiger partial charge in [-0.05, 0) is 31.1 Å². The summed E-state index contributed by atoms with van der Waals surface area (Å²) in [6.45, 7) is 2.10. The molecule has 0 amide bonds.